The number of aromatic nitrogens is 4. The molecule has 7 rings (SSSR count). The summed E-state index contributed by atoms with van der Waals surface area (Å²) in [5.41, 5.74) is 14.1. The van der Waals surface area contributed by atoms with Gasteiger partial charge in [0.15, 0.2) is 16.8 Å². The fourth-order valence-electron chi connectivity index (χ4n) is 18.2. The van der Waals surface area contributed by atoms with Gasteiger partial charge in [0.05, 0.1) is 149 Å². The average Bonchev–Trinajstić information content (AvgIpc) is 1.27. The maximum atomic E-state index is 13.8. The molecule has 24 unspecified atom stereocenters. The Morgan fingerprint density at radius 3 is 1.27 bits per heavy atom. The van der Waals surface area contributed by atoms with Gasteiger partial charge in [-0.25, -0.2) is 19.9 Å². The van der Waals surface area contributed by atoms with Crippen LogP contribution >= 0.6 is 45.3 Å². The SMILES string of the molecule is C/C(=C/CC(C)/C(C)=C/c1csc(C)n1)CCCC(C)C(O)C(C)S(=O)C(C)(C)C1CCOC(C)(C)O1.C/C1=C/CC(/C(C)=C/c2csc(C)n2)OC(=O)CC(O)C(C)(C)S(=O)C(C)C(O)C(C)CCC1.COC(=O)C(C(O)C(C)CCC/C(C)=C\CC(C)/C(C)=C/c1csc(C)n1)S(=O)C(C)(C)C1CCOC(C)(C)O1.COC(=O)CC(C)C(C)(C)S(=O)C(C)C(O)C(C)CCC/C(C)=C\CC(C)/C(C)=C/c1csc(C)n1. The van der Waals surface area contributed by atoms with Gasteiger partial charge in [-0.3, -0.25) is 31.2 Å². The van der Waals surface area contributed by atoms with E-state index in [1.54, 1.807) is 66.1 Å². The molecule has 2 saturated heterocycles. The standard InChI is InChI=1S/C31H51NO6S2.C30H51NO4S2.C29H49NO4S2.C26H41NO5S2/c1-20(14-15-21(2)23(4)18-25-19-39-24(5)32-25)12-11-13-22(3)27(33)28(29(34)36-10)40(35)30(6,7)26-16-17-37-31(8,9)38-26;1-20(14-15-21(2)23(4)18-26-19-36-25(6)31-26)12-11-13-22(3)28(32)24(5)37(33)29(7,8)27-16-17-34-30(9,10)35-27;1-19(14-15-20(2)22(4)16-26-18-35-25(7)30-26)12-11-13-21(3)28(32)24(6)36(33)29(8,9)23(5)17-27(31)34-10;1-16-9-8-10-17(2)25(30)19(4)34(31)26(6,7)23(28)14-24(29)32-22(12-11-16)18(3)13-21-15-33-20(5)27-21/h14,18-19,21-22,26-28,33H,11-13,15-17H2,1-10H3;14,18-19,21-22,24,27-28,32H,11-13,15-17H2,1-10H3;14,16,18,20-21,23-24,28,32H,11-13,15,17H2,1-10H3;11,13,15,17,19,22-23,25,28,30H,8-10,12,14H2,1-7H3/b2*20-14-,23-18+;19-14-,22-16+;16-11-,18-13+. The molecule has 5 N–H and O–H groups in total. The maximum absolute atomic E-state index is 13.8. The molecule has 0 saturated carbocycles. The third-order valence-corrected chi connectivity index (χ3v) is 42.5. The van der Waals surface area contributed by atoms with Gasteiger partial charge in [0, 0.05) is 82.3 Å². The van der Waals surface area contributed by atoms with Crippen LogP contribution in [-0.4, -0.2) is 208 Å². The second kappa shape index (κ2) is 63.3. The van der Waals surface area contributed by atoms with Gasteiger partial charge in [0.2, 0.25) is 0 Å². The summed E-state index contributed by atoms with van der Waals surface area (Å²) in [5.74, 6) is -1.83. The number of rotatable bonds is 44. The summed E-state index contributed by atoms with van der Waals surface area (Å²) in [6.07, 6.45) is 27.9. The number of hydrogen-bond acceptors (Lipinski definition) is 27. The molecule has 0 amide bonds. The van der Waals surface area contributed by atoms with Crippen LogP contribution in [0.25, 0.3) is 24.3 Å². The van der Waals surface area contributed by atoms with E-state index in [1.807, 2.05) is 157 Å². The Balaban J connectivity index is 0.000000409. The van der Waals surface area contributed by atoms with Crippen LogP contribution in [0.1, 0.15) is 386 Å². The number of thiazole rings is 4. The largest absolute Gasteiger partial charge is 0.469 e. The first kappa shape index (κ1) is 134. The minimum Gasteiger partial charge on any atom is -0.469 e. The van der Waals surface area contributed by atoms with Crippen molar-refractivity contribution in [3.8, 4) is 0 Å². The van der Waals surface area contributed by atoms with Gasteiger partial charge in [-0.05, 0) is 373 Å². The molecule has 0 bridgehead atoms. The Labute approximate surface area is 912 Å². The summed E-state index contributed by atoms with van der Waals surface area (Å²) < 4.78 is 89.9. The number of esters is 3. The van der Waals surface area contributed by atoms with Crippen molar-refractivity contribution >= 4 is 131 Å². The van der Waals surface area contributed by atoms with Crippen molar-refractivity contribution in [3.63, 3.8) is 0 Å². The van der Waals surface area contributed by atoms with Crippen molar-refractivity contribution in [2.24, 2.45) is 47.3 Å². The first-order valence-corrected chi connectivity index (χ1v) is 61.7. The van der Waals surface area contributed by atoms with Crippen LogP contribution in [0, 0.1) is 75.0 Å². The average molecular weight is 2200 g/mol. The number of aliphatic hydroxyl groups excluding tert-OH is 5. The fourth-order valence-corrected chi connectivity index (χ4v) is 28.1. The number of carbonyl (C=O) groups excluding carboxylic acids is 3. The second-order valence-electron chi connectivity index (χ2n) is 45.3. The minimum absolute atomic E-state index is 0.0166. The number of methoxy groups -OCH3 is 2. The van der Waals surface area contributed by atoms with Crippen LogP contribution in [0.5, 0.6) is 0 Å². The molecule has 3 aliphatic rings. The third kappa shape index (κ3) is 44.7. The van der Waals surface area contributed by atoms with Crippen LogP contribution in [0.15, 0.2) is 90.4 Å². The summed E-state index contributed by atoms with van der Waals surface area (Å²) >= 11 is 6.60. The van der Waals surface area contributed by atoms with E-state index in [4.69, 9.17) is 33.2 Å². The Kier molecular flexibility index (Phi) is 57.9. The van der Waals surface area contributed by atoms with Gasteiger partial charge >= 0.3 is 17.9 Å². The van der Waals surface area contributed by atoms with Crippen LogP contribution in [-0.2, 0) is 90.7 Å². The van der Waals surface area contributed by atoms with Crippen LogP contribution in [0.3, 0.4) is 0 Å². The van der Waals surface area contributed by atoms with E-state index in [2.05, 4.69) is 155 Å². The third-order valence-electron chi connectivity index (χ3n) is 30.2. The van der Waals surface area contributed by atoms with Crippen molar-refractivity contribution in [1.82, 2.24) is 19.9 Å². The van der Waals surface area contributed by atoms with Gasteiger partial charge in [-0.15, -0.1) is 45.3 Å². The number of hydrogen-bond donors (Lipinski definition) is 5. The zero-order valence-electron chi connectivity index (χ0n) is 96.5. The van der Waals surface area contributed by atoms with E-state index in [1.165, 1.54) is 53.2 Å². The second-order valence-corrected chi connectivity index (χ2v) is 58.9. The van der Waals surface area contributed by atoms with Crippen molar-refractivity contribution in [2.45, 2.75) is 471 Å². The van der Waals surface area contributed by atoms with Gasteiger partial charge in [-0.1, -0.05) is 119 Å². The predicted molar refractivity (Wildman–Crippen MR) is 618 cm³/mol. The molecule has 4 aromatic heterocycles. The quantitative estimate of drug-likeness (QED) is 0.0156. The molecule has 0 radical (unpaired) electrons. The van der Waals surface area contributed by atoms with Crippen molar-refractivity contribution in [1.29, 1.82) is 0 Å². The highest BCUT2D eigenvalue weighted by molar-refractivity contribution is 7.88. The highest BCUT2D eigenvalue weighted by Crippen LogP contribution is 2.41. The summed E-state index contributed by atoms with van der Waals surface area (Å²) in [4.78, 5) is 55.4. The van der Waals surface area contributed by atoms with Crippen molar-refractivity contribution in [3.05, 3.63) is 133 Å². The number of ether oxygens (including phenoxy) is 7. The lowest BCUT2D eigenvalue weighted by molar-refractivity contribution is -0.278. The van der Waals surface area contributed by atoms with Gasteiger partial charge in [0.1, 0.15) is 6.10 Å². The fraction of sp³-hybridized carbons (Fsp3) is 0.733. The molecule has 23 nitrogen and oxygen atoms in total. The molecular formula is C116H192N4O19S8. The maximum Gasteiger partial charge on any atom is 0.324 e. The van der Waals surface area contributed by atoms with Crippen molar-refractivity contribution < 1.29 is 89.9 Å². The normalized spacial score (nSPS) is 24.4. The highest BCUT2D eigenvalue weighted by Gasteiger charge is 2.51. The lowest BCUT2D eigenvalue weighted by Crippen LogP contribution is -2.56. The van der Waals surface area contributed by atoms with Gasteiger partial charge in [0.25, 0.3) is 0 Å². The van der Waals surface area contributed by atoms with E-state index in [-0.39, 0.29) is 71.1 Å². The van der Waals surface area contributed by atoms with Crippen LogP contribution < -0.4 is 0 Å². The Hall–Kier alpha value is -4.91. The van der Waals surface area contributed by atoms with Crippen LogP contribution in [0.2, 0.25) is 0 Å². The van der Waals surface area contributed by atoms with E-state index in [0.29, 0.717) is 56.7 Å². The minimum atomic E-state index is -1.75. The molecule has 7 heterocycles. The van der Waals surface area contributed by atoms with Gasteiger partial charge in [-0.2, -0.15) is 0 Å². The summed E-state index contributed by atoms with van der Waals surface area (Å²) in [7, 11) is -3.20. The molecule has 2 fully saturated rings. The smallest absolute Gasteiger partial charge is 0.324 e. The first-order chi connectivity index (χ1) is 68.2. The zero-order valence-corrected chi connectivity index (χ0v) is 103. The molecule has 3 aliphatic heterocycles. The monoisotopic (exact) mass is 2200 g/mol. The number of allylic oxidation sites excluding steroid dienone is 10. The topological polar surface area (TPSA) is 337 Å². The lowest BCUT2D eigenvalue weighted by atomic mass is 9.93. The number of carbonyl (C=O) groups is 3. The molecule has 0 aromatic carbocycles. The molecular weight excluding hydrogens is 2010 g/mol. The molecule has 4 aromatic rings. The number of aliphatic hydroxyl groups is 5. The molecule has 838 valence electrons. The van der Waals surface area contributed by atoms with Crippen LogP contribution in [0.4, 0.5) is 0 Å². The Bertz CT molecular complexity index is 5080. The van der Waals surface area contributed by atoms with E-state index in [0.717, 1.165) is 138 Å². The van der Waals surface area contributed by atoms with Gasteiger partial charge < -0.3 is 58.7 Å². The molecule has 24 atom stereocenters. The molecule has 0 aliphatic carbocycles. The van der Waals surface area contributed by atoms with E-state index < -0.39 is 133 Å². The first-order valence-electron chi connectivity index (χ1n) is 53.3. The summed E-state index contributed by atoms with van der Waals surface area (Å²) in [5, 5.41) is 65.0. The summed E-state index contributed by atoms with van der Waals surface area (Å²) in [6, 6.07) is 0. The number of cyclic esters (lactones) is 1. The number of aryl methyl sites for hydroxylation is 4. The molecule has 0 spiro atoms. The van der Waals surface area contributed by atoms with E-state index in [9.17, 15) is 56.8 Å². The number of nitrogens with zero attached hydrogens (tertiary/aromatic N) is 4. The van der Waals surface area contributed by atoms with Crippen molar-refractivity contribution in [2.75, 3.05) is 27.4 Å². The summed E-state index contributed by atoms with van der Waals surface area (Å²) in [6.45, 7) is 70.6. The lowest BCUT2D eigenvalue weighted by Gasteiger charge is -2.44. The predicted octanol–water partition coefficient (Wildman–Crippen LogP) is 26.1. The zero-order chi connectivity index (χ0) is 111. The molecule has 31 heteroatoms. The Morgan fingerprint density at radius 1 is 0.544 bits per heavy atom. The van der Waals surface area contributed by atoms with E-state index >= 15 is 0 Å². The highest BCUT2D eigenvalue weighted by atomic mass is 32.2. The Morgan fingerprint density at radius 2 is 0.912 bits per heavy atom. The molecule has 147 heavy (non-hydrogen) atoms.